The maximum absolute atomic E-state index is 5.52. The fraction of sp³-hybridized carbons (Fsp3) is 0.714. The van der Waals surface area contributed by atoms with E-state index in [2.05, 4.69) is 17.0 Å². The Morgan fingerprint density at radius 2 is 2.22 bits per heavy atom. The van der Waals surface area contributed by atoms with Gasteiger partial charge in [-0.05, 0) is 36.5 Å². The maximum atomic E-state index is 5.52. The second kappa shape index (κ2) is 1.99. The molecule has 0 aromatic heterocycles. The number of fused-ring (bicyclic) bond motifs is 2. The highest BCUT2D eigenvalue weighted by Gasteiger charge is 2.34. The quantitative estimate of drug-likeness (QED) is 0.435. The lowest BCUT2D eigenvalue weighted by atomic mass is 10.0. The molecule has 0 amide bonds. The lowest BCUT2D eigenvalue weighted by Gasteiger charge is -2.14. The fourth-order valence-electron chi connectivity index (χ4n) is 1.91. The van der Waals surface area contributed by atoms with Crippen LogP contribution in [0.5, 0.6) is 0 Å². The molecule has 2 rings (SSSR count). The highest BCUT2D eigenvalue weighted by Crippen LogP contribution is 2.38. The summed E-state index contributed by atoms with van der Waals surface area (Å²) in [6.45, 7) is 0. The van der Waals surface area contributed by atoms with Crippen molar-refractivity contribution in [2.45, 2.75) is 18.9 Å². The first-order valence-corrected chi connectivity index (χ1v) is 3.82. The SMILES string of the molecule is ClN[C@H]1C[C@H]2C=C[C@@H]1C2. The molecule has 1 fully saturated rings. The molecule has 0 saturated heterocycles. The summed E-state index contributed by atoms with van der Waals surface area (Å²) in [6.07, 6.45) is 7.17. The molecule has 1 nitrogen and oxygen atoms in total. The van der Waals surface area contributed by atoms with E-state index in [1.54, 1.807) is 0 Å². The molecule has 0 aliphatic heterocycles. The summed E-state index contributed by atoms with van der Waals surface area (Å²) in [5, 5.41) is 0. The standard InChI is InChI=1S/C7H10ClN/c8-9-7-4-5-1-2-6(7)3-5/h1-2,5-7,9H,3-4H2/t5-,6+,7-/m0/s1. The molecule has 2 aliphatic rings. The summed E-state index contributed by atoms with van der Waals surface area (Å²) in [6, 6.07) is 0.557. The van der Waals surface area contributed by atoms with Gasteiger partial charge in [-0.15, -0.1) is 0 Å². The summed E-state index contributed by atoms with van der Waals surface area (Å²) in [7, 11) is 0. The molecule has 0 heterocycles. The van der Waals surface area contributed by atoms with Crippen LogP contribution in [0.1, 0.15) is 12.8 Å². The molecular formula is C7H10ClN. The predicted octanol–water partition coefficient (Wildman–Crippen LogP) is 1.69. The zero-order chi connectivity index (χ0) is 6.27. The predicted molar refractivity (Wildman–Crippen MR) is 38.1 cm³/mol. The molecule has 2 bridgehead atoms. The van der Waals surface area contributed by atoms with Gasteiger partial charge in [0.25, 0.3) is 0 Å². The first-order chi connectivity index (χ1) is 4.40. The van der Waals surface area contributed by atoms with Crippen molar-refractivity contribution >= 4 is 11.8 Å². The molecule has 0 aromatic carbocycles. The smallest absolute Gasteiger partial charge is 0.0289 e. The maximum Gasteiger partial charge on any atom is 0.0289 e. The lowest BCUT2D eigenvalue weighted by Crippen LogP contribution is -2.24. The fourth-order valence-corrected chi connectivity index (χ4v) is 2.16. The van der Waals surface area contributed by atoms with E-state index in [1.807, 2.05) is 0 Å². The number of hydrogen-bond acceptors (Lipinski definition) is 1. The highest BCUT2D eigenvalue weighted by molar-refractivity contribution is 6.13. The van der Waals surface area contributed by atoms with Crippen molar-refractivity contribution in [3.63, 3.8) is 0 Å². The molecule has 1 N–H and O–H groups in total. The first-order valence-electron chi connectivity index (χ1n) is 3.44. The third-order valence-electron chi connectivity index (χ3n) is 2.42. The molecular weight excluding hydrogens is 134 g/mol. The van der Waals surface area contributed by atoms with Gasteiger partial charge in [0.15, 0.2) is 0 Å². The van der Waals surface area contributed by atoms with Crippen LogP contribution in [0.25, 0.3) is 0 Å². The summed E-state index contributed by atoms with van der Waals surface area (Å²) in [4.78, 5) is 2.82. The topological polar surface area (TPSA) is 12.0 Å². The minimum absolute atomic E-state index is 0.557. The highest BCUT2D eigenvalue weighted by atomic mass is 35.5. The number of allylic oxidation sites excluding steroid dienone is 1. The van der Waals surface area contributed by atoms with Crippen LogP contribution < -0.4 is 4.84 Å². The van der Waals surface area contributed by atoms with Crippen LogP contribution in [0.15, 0.2) is 12.2 Å². The molecule has 50 valence electrons. The molecule has 0 aromatic rings. The van der Waals surface area contributed by atoms with E-state index in [1.165, 1.54) is 12.8 Å². The van der Waals surface area contributed by atoms with E-state index < -0.39 is 0 Å². The minimum Gasteiger partial charge on any atom is -0.230 e. The van der Waals surface area contributed by atoms with Crippen LogP contribution in [0.2, 0.25) is 0 Å². The van der Waals surface area contributed by atoms with Crippen LogP contribution in [0, 0.1) is 11.8 Å². The van der Waals surface area contributed by atoms with E-state index in [-0.39, 0.29) is 0 Å². The van der Waals surface area contributed by atoms with Crippen molar-refractivity contribution in [1.29, 1.82) is 0 Å². The van der Waals surface area contributed by atoms with Crippen LogP contribution in [0.4, 0.5) is 0 Å². The van der Waals surface area contributed by atoms with Gasteiger partial charge in [-0.2, -0.15) is 0 Å². The Hall–Kier alpha value is -0.0100. The first kappa shape index (κ1) is 5.75. The molecule has 0 spiro atoms. The van der Waals surface area contributed by atoms with Gasteiger partial charge in [0.2, 0.25) is 0 Å². The second-order valence-electron chi connectivity index (χ2n) is 3.00. The van der Waals surface area contributed by atoms with Gasteiger partial charge in [0.1, 0.15) is 0 Å². The van der Waals surface area contributed by atoms with Gasteiger partial charge in [-0.25, -0.2) is 4.84 Å². The Labute approximate surface area is 60.2 Å². The zero-order valence-electron chi connectivity index (χ0n) is 5.18. The molecule has 2 aliphatic carbocycles. The Balaban J connectivity index is 2.10. The summed E-state index contributed by atoms with van der Waals surface area (Å²) in [5.41, 5.74) is 0. The number of halogens is 1. The van der Waals surface area contributed by atoms with Gasteiger partial charge in [0.05, 0.1) is 0 Å². The largest absolute Gasteiger partial charge is 0.230 e. The van der Waals surface area contributed by atoms with Gasteiger partial charge >= 0.3 is 0 Å². The molecule has 9 heavy (non-hydrogen) atoms. The Morgan fingerprint density at radius 3 is 2.56 bits per heavy atom. The minimum atomic E-state index is 0.557. The summed E-state index contributed by atoms with van der Waals surface area (Å²) >= 11 is 5.52. The number of nitrogens with one attached hydrogen (secondary N) is 1. The lowest BCUT2D eigenvalue weighted by molar-refractivity contribution is 0.537. The van der Waals surface area contributed by atoms with Crippen molar-refractivity contribution < 1.29 is 0 Å². The molecule has 0 unspecified atom stereocenters. The third-order valence-corrected chi connectivity index (χ3v) is 2.70. The Bertz CT molecular complexity index is 144. The van der Waals surface area contributed by atoms with E-state index >= 15 is 0 Å². The van der Waals surface area contributed by atoms with Crippen molar-refractivity contribution in [3.8, 4) is 0 Å². The van der Waals surface area contributed by atoms with Crippen molar-refractivity contribution in [1.82, 2.24) is 4.84 Å². The summed E-state index contributed by atoms with van der Waals surface area (Å²) in [5.74, 6) is 1.55. The average Bonchev–Trinajstić information content (AvgIpc) is 2.45. The van der Waals surface area contributed by atoms with Gasteiger partial charge in [-0.3, -0.25) is 0 Å². The van der Waals surface area contributed by atoms with Gasteiger partial charge in [-0.1, -0.05) is 12.2 Å². The molecule has 2 heteroatoms. The van der Waals surface area contributed by atoms with E-state index in [0.717, 1.165) is 11.8 Å². The van der Waals surface area contributed by atoms with E-state index in [9.17, 15) is 0 Å². The molecule has 0 radical (unpaired) electrons. The third kappa shape index (κ3) is 0.795. The van der Waals surface area contributed by atoms with Crippen LogP contribution in [-0.2, 0) is 0 Å². The average molecular weight is 144 g/mol. The van der Waals surface area contributed by atoms with E-state index in [4.69, 9.17) is 11.8 Å². The van der Waals surface area contributed by atoms with Gasteiger partial charge < -0.3 is 0 Å². The van der Waals surface area contributed by atoms with Crippen molar-refractivity contribution in [2.75, 3.05) is 0 Å². The molecule has 3 atom stereocenters. The monoisotopic (exact) mass is 143 g/mol. The van der Waals surface area contributed by atoms with Crippen LogP contribution >= 0.6 is 11.8 Å². The number of rotatable bonds is 1. The van der Waals surface area contributed by atoms with E-state index in [0.29, 0.717) is 6.04 Å². The molecule has 1 saturated carbocycles. The normalized spacial score (nSPS) is 46.6. The van der Waals surface area contributed by atoms with Gasteiger partial charge in [0, 0.05) is 6.04 Å². The Kier molecular flexibility index (Phi) is 1.27. The van der Waals surface area contributed by atoms with Crippen LogP contribution in [0.3, 0.4) is 0 Å². The van der Waals surface area contributed by atoms with Crippen molar-refractivity contribution in [2.24, 2.45) is 11.8 Å². The summed E-state index contributed by atoms with van der Waals surface area (Å²) < 4.78 is 0. The van der Waals surface area contributed by atoms with Crippen molar-refractivity contribution in [3.05, 3.63) is 12.2 Å². The van der Waals surface area contributed by atoms with Crippen LogP contribution in [-0.4, -0.2) is 6.04 Å². The number of hydrogen-bond donors (Lipinski definition) is 1. The second-order valence-corrected chi connectivity index (χ2v) is 3.21. The zero-order valence-corrected chi connectivity index (χ0v) is 5.93. The Morgan fingerprint density at radius 1 is 1.33 bits per heavy atom.